The fourth-order valence-electron chi connectivity index (χ4n) is 4.91. The highest BCUT2D eigenvalue weighted by Crippen LogP contribution is 2.21. The third-order valence-corrected chi connectivity index (χ3v) is 7.80. The first-order chi connectivity index (χ1) is 26.5. The van der Waals surface area contributed by atoms with Crippen molar-refractivity contribution < 1.29 is 54.4 Å². The van der Waals surface area contributed by atoms with Gasteiger partial charge in [0.15, 0.2) is 0 Å². The molecule has 13 nitrogen and oxygen atoms in total. The second-order valence-corrected chi connectivity index (χ2v) is 16.7. The van der Waals surface area contributed by atoms with E-state index in [9.17, 15) is 19.5 Å². The third-order valence-electron chi connectivity index (χ3n) is 7.29. The first kappa shape index (κ1) is 49.0. The number of nitrogens with zero attached hydrogens (tertiary/aromatic N) is 1. The molecule has 0 bridgehead atoms. The van der Waals surface area contributed by atoms with Crippen LogP contribution in [0.3, 0.4) is 0 Å². The number of carbonyl (C=O) groups excluding carboxylic acids is 3. The summed E-state index contributed by atoms with van der Waals surface area (Å²) in [7, 11) is 0. The van der Waals surface area contributed by atoms with E-state index in [4.69, 9.17) is 53.4 Å². The minimum Gasteiger partial charge on any atom is -0.444 e. The Kier molecular flexibility index (Phi) is 21.5. The van der Waals surface area contributed by atoms with Gasteiger partial charge >= 0.3 is 18.4 Å². The summed E-state index contributed by atoms with van der Waals surface area (Å²) in [6.07, 6.45) is -1.35. The molecule has 2 unspecified atom stereocenters. The van der Waals surface area contributed by atoms with Gasteiger partial charge in [-0.25, -0.2) is 14.4 Å². The fraction of sp³-hybridized carbons (Fsp3) is 0.634. The summed E-state index contributed by atoms with van der Waals surface area (Å²) in [6.45, 7) is 19.8. The highest BCUT2D eigenvalue weighted by molar-refractivity contribution is 6.30. The lowest BCUT2D eigenvalue weighted by Crippen LogP contribution is -2.55. The van der Waals surface area contributed by atoms with Crippen LogP contribution in [0.4, 0.5) is 14.4 Å². The molecule has 4 rings (SSSR count). The molecule has 2 aromatic rings. The van der Waals surface area contributed by atoms with Crippen LogP contribution in [0.25, 0.3) is 0 Å². The average Bonchev–Trinajstić information content (AvgIpc) is 3.09. The first-order valence-corrected chi connectivity index (χ1v) is 19.3. The number of carbonyl (C=O) groups is 3. The maximum Gasteiger partial charge on any atom is 0.519 e. The lowest BCUT2D eigenvalue weighted by atomic mass is 10.0. The van der Waals surface area contributed by atoms with Crippen molar-refractivity contribution in [1.29, 1.82) is 0 Å². The van der Waals surface area contributed by atoms with Gasteiger partial charge in [-0.05, 0) is 111 Å². The zero-order chi connectivity index (χ0) is 43.4. The Labute approximate surface area is 344 Å². The van der Waals surface area contributed by atoms with E-state index in [0.29, 0.717) is 44.1 Å². The Morgan fingerprint density at radius 3 is 1.57 bits per heavy atom. The third kappa shape index (κ3) is 22.5. The van der Waals surface area contributed by atoms with Crippen LogP contribution in [0.15, 0.2) is 48.5 Å². The Hall–Kier alpha value is -3.17. The smallest absolute Gasteiger partial charge is 0.444 e. The van der Waals surface area contributed by atoms with Gasteiger partial charge in [0.05, 0.1) is 51.2 Å². The van der Waals surface area contributed by atoms with Gasteiger partial charge in [-0.3, -0.25) is 4.90 Å². The van der Waals surface area contributed by atoms with E-state index in [2.05, 4.69) is 10.1 Å². The number of ether oxygens (including phenoxy) is 6. The van der Waals surface area contributed by atoms with E-state index in [-0.39, 0.29) is 37.6 Å². The Bertz CT molecular complexity index is 1430. The van der Waals surface area contributed by atoms with Crippen LogP contribution in [0.5, 0.6) is 0 Å². The highest BCUT2D eigenvalue weighted by atomic mass is 35.5. The van der Waals surface area contributed by atoms with Crippen LogP contribution < -0.4 is 5.32 Å². The van der Waals surface area contributed by atoms with Crippen molar-refractivity contribution in [3.05, 3.63) is 69.7 Å². The summed E-state index contributed by atoms with van der Waals surface area (Å²) in [4.78, 5) is 36.2. The number of hydrogen-bond donors (Lipinski definition) is 3. The number of benzene rings is 2. The first-order valence-electron chi connectivity index (χ1n) is 19.3. The van der Waals surface area contributed by atoms with Crippen molar-refractivity contribution >= 4 is 41.6 Å². The lowest BCUT2D eigenvalue weighted by Gasteiger charge is -2.39. The van der Waals surface area contributed by atoms with Crippen LogP contribution >= 0.6 is 23.2 Å². The molecule has 4 atom stereocenters. The number of rotatable bonds is 6. The van der Waals surface area contributed by atoms with Crippen molar-refractivity contribution in [3.8, 4) is 0 Å². The summed E-state index contributed by atoms with van der Waals surface area (Å²) >= 11 is 11.7. The number of nitrogens with one attached hydrogen (secondary N) is 1. The molecule has 0 aromatic heterocycles. The average molecular weight is 833 g/mol. The van der Waals surface area contributed by atoms with E-state index in [1.807, 2.05) is 69.3 Å². The van der Waals surface area contributed by atoms with Crippen LogP contribution in [0, 0.1) is 0 Å². The normalized spacial score (nSPS) is 19.9. The number of morpholine rings is 2. The Morgan fingerprint density at radius 2 is 1.18 bits per heavy atom. The minimum atomic E-state index is -1.06. The molecule has 56 heavy (non-hydrogen) atoms. The number of aliphatic hydroxyl groups is 2. The second-order valence-electron chi connectivity index (χ2n) is 15.9. The summed E-state index contributed by atoms with van der Waals surface area (Å²) in [5, 5.41) is 23.0. The van der Waals surface area contributed by atoms with Crippen molar-refractivity contribution in [2.24, 2.45) is 0 Å². The molecule has 2 heterocycles. The molecule has 3 N–H and O–H groups in total. The zero-order valence-electron chi connectivity index (χ0n) is 35.6. The molecular formula is C41H64Cl2N2O11. The molecule has 0 radical (unpaired) electrons. The zero-order valence-corrected chi connectivity index (χ0v) is 36.1. The van der Waals surface area contributed by atoms with Crippen molar-refractivity contribution in [3.63, 3.8) is 0 Å². The Morgan fingerprint density at radius 1 is 0.750 bits per heavy atom. The maximum atomic E-state index is 12.5. The molecule has 2 fully saturated rings. The van der Waals surface area contributed by atoms with Crippen molar-refractivity contribution in [2.45, 2.75) is 130 Å². The number of amides is 1. The van der Waals surface area contributed by atoms with E-state index >= 15 is 0 Å². The van der Waals surface area contributed by atoms with E-state index in [0.717, 1.165) is 23.6 Å². The standard InChI is InChI=1S/C17H24ClNO4.C12H16ClNO2.C10H18O5.C2H6/c1-17(2,3)23-16(21)19-9-15(10-20)22-11-14(19)8-12-4-6-13(18)7-5-12;13-10-3-1-9(2-4-10)5-11-8-16-12(7-15)6-14-11;1-9(2,3)14-7(11)13-8(12)15-10(4,5)6;1-2/h4-7,14-15,20H,8-11H2,1-3H3;1-4,11-12,14-15H,5-8H2;1-6H3;1-2H3/t14?,15-;11?,12-;;/m11../s1/i;;;1D. The lowest BCUT2D eigenvalue weighted by molar-refractivity contribution is -0.0843. The topological polar surface area (TPSA) is 162 Å². The van der Waals surface area contributed by atoms with Crippen LogP contribution in [0.1, 0.15) is 88.6 Å². The predicted molar refractivity (Wildman–Crippen MR) is 217 cm³/mol. The summed E-state index contributed by atoms with van der Waals surface area (Å²) in [6, 6.07) is 15.6. The van der Waals surface area contributed by atoms with E-state index in [1.54, 1.807) is 53.4 Å². The molecular weight excluding hydrogens is 767 g/mol. The highest BCUT2D eigenvalue weighted by Gasteiger charge is 2.35. The molecule has 2 aromatic carbocycles. The van der Waals surface area contributed by atoms with E-state index in [1.165, 1.54) is 5.56 Å². The SMILES string of the molecule is CC(C)(C)OC(=O)N1C[C@H](CO)OCC1Cc1ccc(Cl)cc1.CC(C)(C)OC(=O)OC(=O)OC(C)(C)C.OC[C@H]1CNC(Cc2ccc(Cl)cc2)CO1.[2H]CC. The summed E-state index contributed by atoms with van der Waals surface area (Å²) in [5.74, 6) is 0. The van der Waals surface area contributed by atoms with Crippen LogP contribution in [0.2, 0.25) is 10.0 Å². The molecule has 2 aliphatic rings. The molecule has 0 saturated carbocycles. The largest absolute Gasteiger partial charge is 0.519 e. The fourth-order valence-corrected chi connectivity index (χ4v) is 5.16. The molecule has 1 amide bonds. The molecule has 0 spiro atoms. The monoisotopic (exact) mass is 831 g/mol. The van der Waals surface area contributed by atoms with Gasteiger partial charge in [0, 0.05) is 24.0 Å². The molecule has 2 aliphatic heterocycles. The summed E-state index contributed by atoms with van der Waals surface area (Å²) in [5.41, 5.74) is 0.361. The second kappa shape index (κ2) is 24.6. The quantitative estimate of drug-likeness (QED) is 0.146. The van der Waals surface area contributed by atoms with Crippen molar-refractivity contribution in [2.75, 3.05) is 39.5 Å². The van der Waals surface area contributed by atoms with Gasteiger partial charge in [0.1, 0.15) is 16.8 Å². The molecule has 318 valence electrons. The molecule has 2 saturated heterocycles. The van der Waals surface area contributed by atoms with Gasteiger partial charge in [-0.15, -0.1) is 0 Å². The van der Waals surface area contributed by atoms with Crippen molar-refractivity contribution in [1.82, 2.24) is 10.2 Å². The molecule has 0 aliphatic carbocycles. The number of aliphatic hydroxyl groups excluding tert-OH is 2. The minimum absolute atomic E-state index is 0.0542. The van der Waals surface area contributed by atoms with Crippen LogP contribution in [-0.4, -0.2) is 114 Å². The summed E-state index contributed by atoms with van der Waals surface area (Å²) < 4.78 is 36.6. The molecule has 15 heteroatoms. The van der Waals surface area contributed by atoms with Gasteiger partial charge in [-0.1, -0.05) is 61.3 Å². The predicted octanol–water partition coefficient (Wildman–Crippen LogP) is 8.01. The van der Waals surface area contributed by atoms with Gasteiger partial charge < -0.3 is 44.0 Å². The van der Waals surface area contributed by atoms with Gasteiger partial charge in [-0.2, -0.15) is 0 Å². The van der Waals surface area contributed by atoms with E-state index < -0.39 is 29.1 Å². The Balaban J connectivity index is 0.000000425. The maximum absolute atomic E-state index is 12.5. The van der Waals surface area contributed by atoms with Gasteiger partial charge in [0.25, 0.3) is 0 Å². The number of hydrogen-bond acceptors (Lipinski definition) is 12. The van der Waals surface area contributed by atoms with Gasteiger partial charge in [0.2, 0.25) is 0 Å². The number of halogens is 2. The van der Waals surface area contributed by atoms with Crippen LogP contribution in [-0.2, 0) is 41.3 Å².